The van der Waals surface area contributed by atoms with Gasteiger partial charge in [0.2, 0.25) is 0 Å². The maximum absolute atomic E-state index is 13.3. The van der Waals surface area contributed by atoms with Crippen molar-refractivity contribution in [3.8, 4) is 0 Å². The lowest BCUT2D eigenvalue weighted by molar-refractivity contribution is -0.129. The highest BCUT2D eigenvalue weighted by Crippen LogP contribution is 2.56. The molecule has 4 bridgehead atoms. The minimum atomic E-state index is -0.434. The van der Waals surface area contributed by atoms with Gasteiger partial charge < -0.3 is 15.2 Å². The molecule has 1 aromatic rings. The number of nitrogens with one attached hydrogen (secondary N) is 1. The Kier molecular flexibility index (Phi) is 4.54. The maximum Gasteiger partial charge on any atom is 0.166 e. The number of rotatable bonds is 5. The molecule has 2 unspecified atom stereocenters. The maximum atomic E-state index is 13.3. The minimum absolute atomic E-state index is 0.211. The van der Waals surface area contributed by atoms with Crippen LogP contribution in [-0.2, 0) is 11.2 Å². The molecule has 0 radical (unpaired) electrons. The van der Waals surface area contributed by atoms with E-state index in [1.165, 1.54) is 12.8 Å². The van der Waals surface area contributed by atoms with Gasteiger partial charge in [0.1, 0.15) is 0 Å². The minimum Gasteiger partial charge on any atom is -0.390 e. The molecule has 2 atom stereocenters. The smallest absolute Gasteiger partial charge is 0.166 e. The fraction of sp³-hybridized carbons (Fsp3) is 0.680. The first kappa shape index (κ1) is 19.0. The molecule has 1 saturated heterocycles. The van der Waals surface area contributed by atoms with Gasteiger partial charge in [-0.2, -0.15) is 0 Å². The highest BCUT2D eigenvalue weighted by atomic mass is 16.5. The number of anilines is 1. The van der Waals surface area contributed by atoms with Gasteiger partial charge in [-0.05, 0) is 68.6 Å². The van der Waals surface area contributed by atoms with E-state index in [4.69, 9.17) is 4.74 Å². The van der Waals surface area contributed by atoms with Crippen molar-refractivity contribution in [2.24, 2.45) is 23.7 Å². The van der Waals surface area contributed by atoms with E-state index in [2.05, 4.69) is 22.5 Å². The summed E-state index contributed by atoms with van der Waals surface area (Å²) in [5.41, 5.74) is 3.52. The summed E-state index contributed by atoms with van der Waals surface area (Å²) in [5.74, 6) is 2.33. The van der Waals surface area contributed by atoms with E-state index in [0.29, 0.717) is 36.1 Å². The number of carbonyl (C=O) groups excluding carboxylic acids is 1. The number of fused-ring (bicyclic) bond motifs is 1. The SMILES string of the molecule is O=C(CC1CCOCC1)c1cnc2c(c1NC1C3CC4CC1CC(O)(C4)C3)C=CC2. The largest absolute Gasteiger partial charge is 0.390 e. The first-order chi connectivity index (χ1) is 14.6. The molecular formula is C25H32N2O3. The number of carbonyl (C=O) groups is 1. The number of pyridine rings is 1. The third-order valence-electron chi connectivity index (χ3n) is 8.46. The van der Waals surface area contributed by atoms with E-state index in [1.807, 2.05) is 6.20 Å². The van der Waals surface area contributed by atoms with E-state index in [9.17, 15) is 9.90 Å². The molecule has 0 amide bonds. The Hall–Kier alpha value is -1.72. The molecular weight excluding hydrogens is 376 g/mol. The molecule has 1 aliphatic heterocycles. The van der Waals surface area contributed by atoms with Gasteiger partial charge >= 0.3 is 0 Å². The quantitative estimate of drug-likeness (QED) is 0.721. The van der Waals surface area contributed by atoms with E-state index < -0.39 is 5.60 Å². The van der Waals surface area contributed by atoms with Crippen molar-refractivity contribution in [2.75, 3.05) is 18.5 Å². The first-order valence-electron chi connectivity index (χ1n) is 11.9. The number of aliphatic hydroxyl groups is 1. The summed E-state index contributed by atoms with van der Waals surface area (Å²) in [6, 6.07) is 0.358. The van der Waals surface area contributed by atoms with Gasteiger partial charge in [0.15, 0.2) is 5.78 Å². The van der Waals surface area contributed by atoms with Crippen LogP contribution in [0.5, 0.6) is 0 Å². The number of Topliss-reactive ketones (excluding diaryl/α,β-unsaturated/α-hetero) is 1. The molecule has 160 valence electrons. The lowest BCUT2D eigenvalue weighted by Gasteiger charge is -2.58. The molecule has 5 heteroatoms. The molecule has 6 aliphatic rings. The van der Waals surface area contributed by atoms with Crippen LogP contribution in [0.15, 0.2) is 12.3 Å². The van der Waals surface area contributed by atoms with E-state index in [0.717, 1.165) is 74.2 Å². The number of allylic oxidation sites excluding steroid dienone is 1. The molecule has 5 aliphatic carbocycles. The van der Waals surface area contributed by atoms with Gasteiger partial charge in [-0.1, -0.05) is 12.2 Å². The molecule has 5 nitrogen and oxygen atoms in total. The number of ketones is 1. The predicted octanol–water partition coefficient (Wildman–Crippen LogP) is 4.00. The summed E-state index contributed by atoms with van der Waals surface area (Å²) in [6.45, 7) is 1.54. The Morgan fingerprint density at radius 3 is 2.70 bits per heavy atom. The van der Waals surface area contributed by atoms with Crippen LogP contribution in [0.2, 0.25) is 0 Å². The Balaban J connectivity index is 1.29. The Morgan fingerprint density at radius 1 is 1.20 bits per heavy atom. The van der Waals surface area contributed by atoms with Crippen LogP contribution in [0.3, 0.4) is 0 Å². The standard InChI is InChI=1S/C25H32N2O3/c28-22(10-15-4-6-30-7-5-15)20-14-26-21-3-1-2-19(21)24(20)27-23-17-8-16-9-18(23)13-25(29,11-16)12-17/h1-2,14-18,23,29H,3-13H2,(H,26,27). The fourth-order valence-corrected chi connectivity index (χ4v) is 7.27. The van der Waals surface area contributed by atoms with Gasteiger partial charge in [-0.3, -0.25) is 9.78 Å². The van der Waals surface area contributed by atoms with Crippen molar-refractivity contribution in [3.05, 3.63) is 29.1 Å². The molecule has 30 heavy (non-hydrogen) atoms. The zero-order valence-electron chi connectivity index (χ0n) is 17.6. The van der Waals surface area contributed by atoms with Crippen molar-refractivity contribution >= 4 is 17.5 Å². The van der Waals surface area contributed by atoms with Gasteiger partial charge in [-0.15, -0.1) is 0 Å². The van der Waals surface area contributed by atoms with Crippen LogP contribution in [0, 0.1) is 23.7 Å². The van der Waals surface area contributed by atoms with Crippen molar-refractivity contribution < 1.29 is 14.6 Å². The summed E-state index contributed by atoms with van der Waals surface area (Å²) in [7, 11) is 0. The van der Waals surface area contributed by atoms with Gasteiger partial charge in [0.05, 0.1) is 22.5 Å². The van der Waals surface area contributed by atoms with Crippen molar-refractivity contribution in [1.82, 2.24) is 4.98 Å². The Morgan fingerprint density at radius 2 is 1.97 bits per heavy atom. The summed E-state index contributed by atoms with van der Waals surface area (Å²) >= 11 is 0. The summed E-state index contributed by atoms with van der Waals surface area (Å²) < 4.78 is 5.47. The second kappa shape index (κ2) is 7.16. The highest BCUT2D eigenvalue weighted by Gasteiger charge is 2.54. The van der Waals surface area contributed by atoms with Gasteiger partial charge in [0.25, 0.3) is 0 Å². The van der Waals surface area contributed by atoms with E-state index in [1.54, 1.807) is 0 Å². The van der Waals surface area contributed by atoms with E-state index in [-0.39, 0.29) is 5.78 Å². The van der Waals surface area contributed by atoms with Crippen molar-refractivity contribution in [2.45, 2.75) is 69.4 Å². The molecule has 5 fully saturated rings. The Labute approximate surface area is 178 Å². The van der Waals surface area contributed by atoms with Crippen LogP contribution in [-0.4, -0.2) is 40.7 Å². The molecule has 0 aromatic carbocycles. The lowest BCUT2D eigenvalue weighted by atomic mass is 9.52. The average molecular weight is 409 g/mol. The number of nitrogens with zero attached hydrogens (tertiary/aromatic N) is 1. The second-order valence-corrected chi connectivity index (χ2v) is 10.6. The topological polar surface area (TPSA) is 71.5 Å². The van der Waals surface area contributed by atoms with Gasteiger partial charge in [0, 0.05) is 43.9 Å². The van der Waals surface area contributed by atoms with Crippen LogP contribution in [0.4, 0.5) is 5.69 Å². The zero-order valence-corrected chi connectivity index (χ0v) is 17.6. The van der Waals surface area contributed by atoms with Crippen molar-refractivity contribution in [3.63, 3.8) is 0 Å². The average Bonchev–Trinajstić information content (AvgIpc) is 3.19. The number of aromatic nitrogens is 1. The zero-order chi connectivity index (χ0) is 20.3. The fourth-order valence-electron chi connectivity index (χ4n) is 7.27. The number of ether oxygens (including phenoxy) is 1. The van der Waals surface area contributed by atoms with Crippen LogP contribution in [0.25, 0.3) is 6.08 Å². The molecule has 7 rings (SSSR count). The molecule has 2 N–H and O–H groups in total. The first-order valence-corrected chi connectivity index (χ1v) is 11.9. The summed E-state index contributed by atoms with van der Waals surface area (Å²) in [4.78, 5) is 18.0. The molecule has 1 aromatic heterocycles. The normalized spacial score (nSPS) is 36.8. The number of hydrogen-bond donors (Lipinski definition) is 2. The van der Waals surface area contributed by atoms with E-state index >= 15 is 0 Å². The molecule has 4 saturated carbocycles. The lowest BCUT2D eigenvalue weighted by Crippen LogP contribution is -2.59. The van der Waals surface area contributed by atoms with Crippen molar-refractivity contribution in [1.29, 1.82) is 0 Å². The predicted molar refractivity (Wildman–Crippen MR) is 115 cm³/mol. The third kappa shape index (κ3) is 3.21. The van der Waals surface area contributed by atoms with Crippen LogP contribution in [0.1, 0.15) is 73.0 Å². The monoisotopic (exact) mass is 408 g/mol. The molecule has 0 spiro atoms. The van der Waals surface area contributed by atoms with Gasteiger partial charge in [-0.25, -0.2) is 0 Å². The molecule has 2 heterocycles. The third-order valence-corrected chi connectivity index (χ3v) is 8.46. The highest BCUT2D eigenvalue weighted by molar-refractivity contribution is 6.03. The Bertz CT molecular complexity index is 873. The van der Waals surface area contributed by atoms with Crippen LogP contribution < -0.4 is 5.32 Å². The second-order valence-electron chi connectivity index (χ2n) is 10.6. The number of hydrogen-bond acceptors (Lipinski definition) is 5. The summed E-state index contributed by atoms with van der Waals surface area (Å²) in [5, 5.41) is 14.8. The summed E-state index contributed by atoms with van der Waals surface area (Å²) in [6.07, 6.45) is 14.7. The van der Waals surface area contributed by atoms with Crippen LogP contribution >= 0.6 is 0 Å².